The number of carboxylic acids is 1. The molecule has 0 heterocycles. The number of carbonyl (C=O) groups is 1. The van der Waals surface area contributed by atoms with E-state index in [1.807, 2.05) is 0 Å². The molecule has 2 rings (SSSR count). The summed E-state index contributed by atoms with van der Waals surface area (Å²) in [5, 5.41) is 8.81. The lowest BCUT2D eigenvalue weighted by Crippen LogP contribution is -2.36. The zero-order valence-electron chi connectivity index (χ0n) is 7.83. The summed E-state index contributed by atoms with van der Waals surface area (Å²) in [4.78, 5) is 10.7. The molecule has 0 bridgehead atoms. The highest BCUT2D eigenvalue weighted by Crippen LogP contribution is 2.46. The van der Waals surface area contributed by atoms with Crippen molar-refractivity contribution < 1.29 is 9.90 Å². The Kier molecular flexibility index (Phi) is 2.06. The zero-order chi connectivity index (χ0) is 9.47. The van der Waals surface area contributed by atoms with E-state index in [4.69, 9.17) is 10.8 Å². The van der Waals surface area contributed by atoms with Crippen molar-refractivity contribution in [2.75, 3.05) is 0 Å². The molecule has 2 saturated carbocycles. The van der Waals surface area contributed by atoms with Crippen LogP contribution in [0.1, 0.15) is 38.5 Å². The predicted octanol–water partition coefficient (Wildman–Crippen LogP) is 1.37. The number of hydrogen-bond donors (Lipinski definition) is 2. The molecular weight excluding hydrogens is 166 g/mol. The van der Waals surface area contributed by atoms with Crippen LogP contribution in [-0.2, 0) is 4.79 Å². The Bertz CT molecular complexity index is 215. The Labute approximate surface area is 78.3 Å². The van der Waals surface area contributed by atoms with Gasteiger partial charge < -0.3 is 10.8 Å². The van der Waals surface area contributed by atoms with E-state index in [0.717, 1.165) is 38.5 Å². The van der Waals surface area contributed by atoms with Crippen molar-refractivity contribution in [1.29, 1.82) is 0 Å². The van der Waals surface area contributed by atoms with Crippen molar-refractivity contribution in [1.82, 2.24) is 0 Å². The van der Waals surface area contributed by atoms with E-state index in [0.29, 0.717) is 5.92 Å². The molecule has 74 valence electrons. The Hall–Kier alpha value is -0.570. The second kappa shape index (κ2) is 2.98. The Morgan fingerprint density at radius 3 is 2.15 bits per heavy atom. The second-order valence-corrected chi connectivity index (χ2v) is 4.62. The van der Waals surface area contributed by atoms with Crippen LogP contribution in [-0.4, -0.2) is 16.6 Å². The minimum Gasteiger partial charge on any atom is -0.481 e. The van der Waals surface area contributed by atoms with E-state index in [1.54, 1.807) is 0 Å². The van der Waals surface area contributed by atoms with Gasteiger partial charge in [0, 0.05) is 5.54 Å². The van der Waals surface area contributed by atoms with Gasteiger partial charge in [0.05, 0.1) is 5.92 Å². The molecule has 0 amide bonds. The molecule has 0 aromatic rings. The predicted molar refractivity (Wildman–Crippen MR) is 49.2 cm³/mol. The summed E-state index contributed by atoms with van der Waals surface area (Å²) in [6.07, 6.45) is 6.00. The number of hydrogen-bond acceptors (Lipinski definition) is 2. The first-order chi connectivity index (χ1) is 6.12. The van der Waals surface area contributed by atoms with Gasteiger partial charge in [-0.05, 0) is 44.4 Å². The van der Waals surface area contributed by atoms with Crippen LogP contribution in [0.15, 0.2) is 0 Å². The SMILES string of the molecule is NC1([C@H]2CC[C@H](C(=O)O)CC2)CC1. The van der Waals surface area contributed by atoms with E-state index >= 15 is 0 Å². The minimum atomic E-state index is -0.625. The van der Waals surface area contributed by atoms with Gasteiger partial charge in [-0.25, -0.2) is 0 Å². The molecule has 0 saturated heterocycles. The average molecular weight is 183 g/mol. The molecule has 0 spiro atoms. The van der Waals surface area contributed by atoms with Gasteiger partial charge >= 0.3 is 5.97 Å². The van der Waals surface area contributed by atoms with Gasteiger partial charge in [0.25, 0.3) is 0 Å². The van der Waals surface area contributed by atoms with Gasteiger partial charge in [-0.3, -0.25) is 4.79 Å². The first-order valence-corrected chi connectivity index (χ1v) is 5.13. The molecule has 0 atom stereocenters. The van der Waals surface area contributed by atoms with Gasteiger partial charge in [-0.15, -0.1) is 0 Å². The van der Waals surface area contributed by atoms with Crippen LogP contribution >= 0.6 is 0 Å². The average Bonchev–Trinajstić information content (AvgIpc) is 2.85. The van der Waals surface area contributed by atoms with E-state index in [9.17, 15) is 4.79 Å². The number of rotatable bonds is 2. The lowest BCUT2D eigenvalue weighted by molar-refractivity contribution is -0.143. The van der Waals surface area contributed by atoms with Crippen molar-refractivity contribution in [2.24, 2.45) is 17.6 Å². The summed E-state index contributed by atoms with van der Waals surface area (Å²) in [5.41, 5.74) is 6.20. The molecule has 0 aliphatic heterocycles. The first kappa shape index (κ1) is 9.00. The largest absolute Gasteiger partial charge is 0.481 e. The monoisotopic (exact) mass is 183 g/mol. The minimum absolute atomic E-state index is 0.0985. The molecule has 3 heteroatoms. The number of nitrogens with two attached hydrogens (primary N) is 1. The van der Waals surface area contributed by atoms with Crippen LogP contribution in [0.5, 0.6) is 0 Å². The van der Waals surface area contributed by atoms with Crippen LogP contribution in [0.3, 0.4) is 0 Å². The van der Waals surface area contributed by atoms with Crippen LogP contribution in [0, 0.1) is 11.8 Å². The van der Waals surface area contributed by atoms with Crippen LogP contribution in [0.2, 0.25) is 0 Å². The molecule has 0 aromatic heterocycles. The van der Waals surface area contributed by atoms with Crippen molar-refractivity contribution in [3.8, 4) is 0 Å². The molecule has 0 aromatic carbocycles. The lowest BCUT2D eigenvalue weighted by Gasteiger charge is -2.30. The summed E-state index contributed by atoms with van der Waals surface area (Å²) in [6.45, 7) is 0. The Morgan fingerprint density at radius 1 is 1.23 bits per heavy atom. The normalized spacial score (nSPS) is 37.0. The molecule has 2 fully saturated rings. The Balaban J connectivity index is 1.86. The quantitative estimate of drug-likeness (QED) is 0.679. The molecule has 0 unspecified atom stereocenters. The Morgan fingerprint density at radius 2 is 1.77 bits per heavy atom. The van der Waals surface area contributed by atoms with Crippen LogP contribution in [0.25, 0.3) is 0 Å². The fraction of sp³-hybridized carbons (Fsp3) is 0.900. The van der Waals surface area contributed by atoms with E-state index in [-0.39, 0.29) is 11.5 Å². The van der Waals surface area contributed by atoms with E-state index in [1.165, 1.54) is 0 Å². The first-order valence-electron chi connectivity index (χ1n) is 5.13. The summed E-state index contributed by atoms with van der Waals surface area (Å²) < 4.78 is 0. The molecule has 3 N–H and O–H groups in total. The maximum atomic E-state index is 10.7. The van der Waals surface area contributed by atoms with E-state index < -0.39 is 5.97 Å². The maximum absolute atomic E-state index is 10.7. The van der Waals surface area contributed by atoms with Gasteiger partial charge in [-0.2, -0.15) is 0 Å². The smallest absolute Gasteiger partial charge is 0.306 e. The zero-order valence-corrected chi connectivity index (χ0v) is 7.83. The standard InChI is InChI=1S/C10H17NO2/c11-10(5-6-10)8-3-1-7(2-4-8)9(12)13/h7-8H,1-6,11H2,(H,12,13)/t7-,8-. The molecule has 0 radical (unpaired) electrons. The third kappa shape index (κ3) is 1.70. The summed E-state index contributed by atoms with van der Waals surface area (Å²) in [6, 6.07) is 0. The van der Waals surface area contributed by atoms with Gasteiger partial charge in [-0.1, -0.05) is 0 Å². The van der Waals surface area contributed by atoms with Gasteiger partial charge in [0.2, 0.25) is 0 Å². The maximum Gasteiger partial charge on any atom is 0.306 e. The van der Waals surface area contributed by atoms with Crippen molar-refractivity contribution >= 4 is 5.97 Å². The van der Waals surface area contributed by atoms with E-state index in [2.05, 4.69) is 0 Å². The van der Waals surface area contributed by atoms with Crippen LogP contribution < -0.4 is 5.73 Å². The molecule has 2 aliphatic carbocycles. The summed E-state index contributed by atoms with van der Waals surface area (Å²) in [5.74, 6) is -0.123. The molecule has 13 heavy (non-hydrogen) atoms. The molecular formula is C10H17NO2. The third-order valence-corrected chi connectivity index (χ3v) is 3.72. The molecule has 2 aliphatic rings. The summed E-state index contributed by atoms with van der Waals surface area (Å²) >= 11 is 0. The topological polar surface area (TPSA) is 63.3 Å². The van der Waals surface area contributed by atoms with Crippen molar-refractivity contribution in [3.05, 3.63) is 0 Å². The van der Waals surface area contributed by atoms with Crippen molar-refractivity contribution in [3.63, 3.8) is 0 Å². The highest BCUT2D eigenvalue weighted by Gasteiger charge is 2.46. The second-order valence-electron chi connectivity index (χ2n) is 4.62. The van der Waals surface area contributed by atoms with Crippen LogP contribution in [0.4, 0.5) is 0 Å². The number of carboxylic acid groups (broad SMARTS) is 1. The number of aliphatic carboxylic acids is 1. The fourth-order valence-corrected chi connectivity index (χ4v) is 2.47. The summed E-state index contributed by atoms with van der Waals surface area (Å²) in [7, 11) is 0. The van der Waals surface area contributed by atoms with Crippen molar-refractivity contribution in [2.45, 2.75) is 44.1 Å². The highest BCUT2D eigenvalue weighted by molar-refractivity contribution is 5.70. The van der Waals surface area contributed by atoms with Gasteiger partial charge in [0.15, 0.2) is 0 Å². The fourth-order valence-electron chi connectivity index (χ4n) is 2.47. The van der Waals surface area contributed by atoms with Gasteiger partial charge in [0.1, 0.15) is 0 Å². The highest BCUT2D eigenvalue weighted by atomic mass is 16.4. The lowest BCUT2D eigenvalue weighted by atomic mass is 9.77. The third-order valence-electron chi connectivity index (χ3n) is 3.72. The molecule has 3 nitrogen and oxygen atoms in total.